The Labute approximate surface area is 116 Å². The van der Waals surface area contributed by atoms with Gasteiger partial charge in [0.2, 0.25) is 0 Å². The van der Waals surface area contributed by atoms with Crippen LogP contribution in [0.15, 0.2) is 54.6 Å². The number of carbonyl (C=O) groups excluding carboxylic acids is 1. The molecule has 0 N–H and O–H groups in total. The van der Waals surface area contributed by atoms with Crippen molar-refractivity contribution in [3.05, 3.63) is 65.2 Å². The van der Waals surface area contributed by atoms with Gasteiger partial charge in [0.15, 0.2) is 0 Å². The fourth-order valence-electron chi connectivity index (χ4n) is 1.66. The highest BCUT2D eigenvalue weighted by molar-refractivity contribution is 6.31. The molecule has 0 aromatic heterocycles. The van der Waals surface area contributed by atoms with Crippen LogP contribution in [0.2, 0.25) is 5.02 Å². The van der Waals surface area contributed by atoms with Crippen molar-refractivity contribution in [3.63, 3.8) is 0 Å². The largest absolute Gasteiger partial charge is 0.426 e. The molecule has 0 aliphatic heterocycles. The van der Waals surface area contributed by atoms with Crippen LogP contribution in [-0.2, 0) is 9.90 Å². The number of rotatable bonds is 4. The summed E-state index contributed by atoms with van der Waals surface area (Å²) in [6, 6.07) is 15.4. The molecule has 97 valence electrons. The maximum Gasteiger partial charge on any atom is 0.314 e. The van der Waals surface area contributed by atoms with Crippen LogP contribution in [0.4, 0.5) is 0 Å². The number of halogens is 1. The number of ether oxygens (including phenoxy) is 1. The highest BCUT2D eigenvalue weighted by atomic mass is 35.5. The van der Waals surface area contributed by atoms with E-state index in [-0.39, 0.29) is 6.42 Å². The molecule has 0 fully saturated rings. The van der Waals surface area contributed by atoms with Gasteiger partial charge in [0.25, 0.3) is 0 Å². The zero-order chi connectivity index (χ0) is 13.7. The molecule has 0 spiro atoms. The van der Waals surface area contributed by atoms with E-state index in [1.54, 1.807) is 48.5 Å². The van der Waals surface area contributed by atoms with E-state index in [0.717, 1.165) is 0 Å². The van der Waals surface area contributed by atoms with Crippen molar-refractivity contribution in [1.82, 2.24) is 0 Å². The summed E-state index contributed by atoms with van der Waals surface area (Å²) in [5, 5.41) is 12.3. The summed E-state index contributed by atoms with van der Waals surface area (Å²) >= 11 is 5.91. The van der Waals surface area contributed by atoms with E-state index in [1.807, 2.05) is 6.07 Å². The molecule has 4 heteroatoms. The Morgan fingerprint density at radius 3 is 2.37 bits per heavy atom. The molecule has 0 aliphatic carbocycles. The molecule has 2 aromatic rings. The molecule has 0 amide bonds. The minimum absolute atomic E-state index is 0.251. The van der Waals surface area contributed by atoms with Gasteiger partial charge in [-0.25, -0.2) is 5.11 Å². The minimum atomic E-state index is -1.22. The first-order chi connectivity index (χ1) is 9.16. The van der Waals surface area contributed by atoms with Crippen molar-refractivity contribution in [1.29, 1.82) is 0 Å². The Morgan fingerprint density at radius 2 is 1.68 bits per heavy atom. The van der Waals surface area contributed by atoms with Crippen LogP contribution in [0.5, 0.6) is 5.75 Å². The van der Waals surface area contributed by atoms with E-state index in [4.69, 9.17) is 16.3 Å². The number of esters is 1. The summed E-state index contributed by atoms with van der Waals surface area (Å²) in [5.74, 6) is -0.134. The van der Waals surface area contributed by atoms with E-state index < -0.39 is 12.1 Å². The molecule has 2 rings (SSSR count). The molecule has 0 heterocycles. The second kappa shape index (κ2) is 6.36. The first kappa shape index (κ1) is 13.6. The van der Waals surface area contributed by atoms with E-state index in [0.29, 0.717) is 16.3 Å². The van der Waals surface area contributed by atoms with Gasteiger partial charge in [-0.3, -0.25) is 4.79 Å². The van der Waals surface area contributed by atoms with Crippen LogP contribution in [0.25, 0.3) is 0 Å². The fraction of sp³-hybridized carbons (Fsp3) is 0.133. The molecule has 1 atom stereocenters. The summed E-state index contributed by atoms with van der Waals surface area (Å²) in [6.45, 7) is 0. The van der Waals surface area contributed by atoms with Crippen molar-refractivity contribution < 1.29 is 14.6 Å². The fourth-order valence-corrected chi connectivity index (χ4v) is 1.92. The van der Waals surface area contributed by atoms with E-state index in [9.17, 15) is 9.90 Å². The predicted molar refractivity (Wildman–Crippen MR) is 71.6 cm³/mol. The second-order valence-electron chi connectivity index (χ2n) is 4.00. The number of carbonyl (C=O) groups is 1. The van der Waals surface area contributed by atoms with Crippen molar-refractivity contribution in [2.75, 3.05) is 0 Å². The monoisotopic (exact) mass is 275 g/mol. The van der Waals surface area contributed by atoms with Gasteiger partial charge >= 0.3 is 5.97 Å². The maximum atomic E-state index is 12.0. The molecule has 2 aromatic carbocycles. The van der Waals surface area contributed by atoms with Crippen molar-refractivity contribution >= 4 is 17.6 Å². The number of para-hydroxylation sites is 1. The summed E-state index contributed by atoms with van der Waals surface area (Å²) in [5.41, 5.74) is 0.411. The van der Waals surface area contributed by atoms with E-state index in [2.05, 4.69) is 0 Å². The third-order valence-electron chi connectivity index (χ3n) is 2.58. The molecule has 0 unspecified atom stereocenters. The third kappa shape index (κ3) is 3.81. The molecule has 0 saturated carbocycles. The smallest absolute Gasteiger partial charge is 0.314 e. The summed E-state index contributed by atoms with van der Waals surface area (Å²) in [6.07, 6.45) is -1.47. The Hall–Kier alpha value is -1.84. The molecule has 1 radical (unpaired) electrons. The lowest BCUT2D eigenvalue weighted by molar-refractivity contribution is -0.137. The highest BCUT2D eigenvalue weighted by Crippen LogP contribution is 2.25. The van der Waals surface area contributed by atoms with Gasteiger partial charge in [-0.05, 0) is 18.2 Å². The Kier molecular flexibility index (Phi) is 4.55. The van der Waals surface area contributed by atoms with Crippen molar-refractivity contribution in [2.24, 2.45) is 0 Å². The van der Waals surface area contributed by atoms with Crippen LogP contribution in [0.3, 0.4) is 0 Å². The zero-order valence-corrected chi connectivity index (χ0v) is 10.8. The maximum absolute atomic E-state index is 12.0. The third-order valence-corrected chi connectivity index (χ3v) is 2.92. The van der Waals surface area contributed by atoms with Gasteiger partial charge < -0.3 is 4.74 Å². The van der Waals surface area contributed by atoms with Crippen molar-refractivity contribution in [3.8, 4) is 5.75 Å². The Balaban J connectivity index is 1.98. The normalized spacial score (nSPS) is 11.9. The van der Waals surface area contributed by atoms with Gasteiger partial charge in [0.05, 0.1) is 6.42 Å². The lowest BCUT2D eigenvalue weighted by atomic mass is 10.1. The Morgan fingerprint density at radius 1 is 1.05 bits per heavy atom. The van der Waals surface area contributed by atoms with Crippen LogP contribution < -0.4 is 4.74 Å². The molecular weight excluding hydrogens is 264 g/mol. The number of hydrogen-bond donors (Lipinski definition) is 0. The quantitative estimate of drug-likeness (QED) is 0.629. The minimum Gasteiger partial charge on any atom is -0.426 e. The van der Waals surface area contributed by atoms with Gasteiger partial charge in [0, 0.05) is 10.6 Å². The van der Waals surface area contributed by atoms with E-state index >= 15 is 0 Å². The van der Waals surface area contributed by atoms with E-state index in [1.165, 1.54) is 0 Å². The van der Waals surface area contributed by atoms with Gasteiger partial charge in [0.1, 0.15) is 11.9 Å². The number of hydrogen-bond acceptors (Lipinski definition) is 2. The number of benzene rings is 2. The molecular formula is C15H12ClO3. The molecule has 0 aliphatic rings. The average Bonchev–Trinajstić information content (AvgIpc) is 2.40. The first-order valence-electron chi connectivity index (χ1n) is 5.83. The van der Waals surface area contributed by atoms with Gasteiger partial charge in [-0.15, -0.1) is 0 Å². The van der Waals surface area contributed by atoms with Gasteiger partial charge in [-0.1, -0.05) is 48.0 Å². The van der Waals surface area contributed by atoms with Crippen LogP contribution in [0.1, 0.15) is 18.1 Å². The SMILES string of the molecule is [O][C@@H](CC(=O)Oc1ccccc1)c1ccccc1Cl. The summed E-state index contributed by atoms with van der Waals surface area (Å²) < 4.78 is 5.06. The summed E-state index contributed by atoms with van der Waals surface area (Å²) in [7, 11) is 0. The average molecular weight is 276 g/mol. The predicted octanol–water partition coefficient (Wildman–Crippen LogP) is 3.81. The topological polar surface area (TPSA) is 46.2 Å². The van der Waals surface area contributed by atoms with Crippen LogP contribution in [-0.4, -0.2) is 5.97 Å². The second-order valence-corrected chi connectivity index (χ2v) is 4.41. The Bertz CT molecular complexity index is 554. The lowest BCUT2D eigenvalue weighted by Crippen LogP contribution is -2.12. The molecule has 0 saturated heterocycles. The van der Waals surface area contributed by atoms with Crippen LogP contribution in [0, 0.1) is 0 Å². The first-order valence-corrected chi connectivity index (χ1v) is 6.20. The lowest BCUT2D eigenvalue weighted by Gasteiger charge is -2.10. The molecule has 3 nitrogen and oxygen atoms in total. The summed E-state index contributed by atoms with van der Waals surface area (Å²) in [4.78, 5) is 11.6. The standard InChI is InChI=1S/C15H12ClO3/c16-13-9-5-4-8-12(13)14(17)10-15(18)19-11-6-2-1-3-7-11/h1-9,14H,10H2/t14-/m0/s1. The van der Waals surface area contributed by atoms with Crippen molar-refractivity contribution in [2.45, 2.75) is 12.5 Å². The zero-order valence-electron chi connectivity index (χ0n) is 10.1. The molecule has 19 heavy (non-hydrogen) atoms. The highest BCUT2D eigenvalue weighted by Gasteiger charge is 2.18. The van der Waals surface area contributed by atoms with Crippen LogP contribution >= 0.6 is 11.6 Å². The van der Waals surface area contributed by atoms with Gasteiger partial charge in [-0.2, -0.15) is 0 Å². The molecule has 0 bridgehead atoms.